The number of amides is 1. The molecule has 0 atom stereocenters. The first-order valence-electron chi connectivity index (χ1n) is 9.06. The van der Waals surface area contributed by atoms with Crippen LogP contribution in [0, 0.1) is 0 Å². The van der Waals surface area contributed by atoms with Gasteiger partial charge < -0.3 is 19.1 Å². The maximum atomic E-state index is 12.6. The second-order valence-electron chi connectivity index (χ2n) is 6.27. The first-order valence-corrected chi connectivity index (χ1v) is 10.5. The molecule has 1 aliphatic rings. The Morgan fingerprint density at radius 2 is 1.57 bits per heavy atom. The van der Waals surface area contributed by atoms with E-state index in [0.29, 0.717) is 31.9 Å². The Labute approximate surface area is 175 Å². The molecule has 0 saturated carbocycles. The van der Waals surface area contributed by atoms with Crippen LogP contribution in [0.3, 0.4) is 0 Å². The molecular formula is C19H24N2O8S. The van der Waals surface area contributed by atoms with Gasteiger partial charge >= 0.3 is 11.9 Å². The number of carbonyl (C=O) groups excluding carboxylic acids is 3. The van der Waals surface area contributed by atoms with Gasteiger partial charge in [0, 0.05) is 19.2 Å². The van der Waals surface area contributed by atoms with Gasteiger partial charge in [0.05, 0.1) is 32.3 Å². The molecule has 1 saturated heterocycles. The minimum absolute atomic E-state index is 0.144. The predicted molar refractivity (Wildman–Crippen MR) is 106 cm³/mol. The van der Waals surface area contributed by atoms with Gasteiger partial charge in [-0.2, -0.15) is 4.31 Å². The van der Waals surface area contributed by atoms with Crippen molar-refractivity contribution >= 4 is 33.9 Å². The zero-order valence-electron chi connectivity index (χ0n) is 16.8. The van der Waals surface area contributed by atoms with Crippen molar-refractivity contribution in [2.75, 3.05) is 53.6 Å². The van der Waals surface area contributed by atoms with Gasteiger partial charge in [-0.3, -0.25) is 14.4 Å². The highest BCUT2D eigenvalue weighted by molar-refractivity contribution is 7.89. The smallest absolute Gasteiger partial charge is 0.325 e. The fourth-order valence-corrected chi connectivity index (χ4v) is 4.02. The lowest BCUT2D eigenvalue weighted by Crippen LogP contribution is -2.40. The summed E-state index contributed by atoms with van der Waals surface area (Å²) in [7, 11) is -1.26. The van der Waals surface area contributed by atoms with Crippen molar-refractivity contribution in [3.63, 3.8) is 0 Å². The standard InChI is InChI=1S/C19H24N2O8S/c1-27-18(23)13-20(14-19(24)28-2)17(22)8-5-15-3-6-16(7-4-15)30(25,26)21-9-11-29-12-10-21/h3-8H,9-14H2,1-2H3/b8-5+. The Kier molecular flexibility index (Phi) is 8.51. The Hall–Kier alpha value is -2.76. The van der Waals surface area contributed by atoms with E-state index in [-0.39, 0.29) is 4.90 Å². The largest absolute Gasteiger partial charge is 0.468 e. The fourth-order valence-electron chi connectivity index (χ4n) is 2.61. The normalized spacial score (nSPS) is 15.0. The lowest BCUT2D eigenvalue weighted by molar-refractivity contribution is -0.150. The van der Waals surface area contributed by atoms with E-state index in [9.17, 15) is 22.8 Å². The highest BCUT2D eigenvalue weighted by Gasteiger charge is 2.26. The average molecular weight is 440 g/mol. The topological polar surface area (TPSA) is 120 Å². The summed E-state index contributed by atoms with van der Waals surface area (Å²) in [5, 5.41) is 0. The van der Waals surface area contributed by atoms with Gasteiger partial charge in [0.15, 0.2) is 0 Å². The Morgan fingerprint density at radius 3 is 2.07 bits per heavy atom. The average Bonchev–Trinajstić information content (AvgIpc) is 2.77. The van der Waals surface area contributed by atoms with Crippen molar-refractivity contribution in [3.8, 4) is 0 Å². The third kappa shape index (κ3) is 6.37. The molecule has 0 bridgehead atoms. The second-order valence-corrected chi connectivity index (χ2v) is 8.20. The summed E-state index contributed by atoms with van der Waals surface area (Å²) in [6.45, 7) is 0.492. The zero-order valence-corrected chi connectivity index (χ0v) is 17.6. The number of esters is 2. The molecule has 1 aliphatic heterocycles. The molecule has 1 fully saturated rings. The van der Waals surface area contributed by atoms with E-state index in [2.05, 4.69) is 9.47 Å². The molecule has 0 radical (unpaired) electrons. The molecular weight excluding hydrogens is 416 g/mol. The predicted octanol–water partition coefficient (Wildman–Crippen LogP) is -0.105. The van der Waals surface area contributed by atoms with E-state index < -0.39 is 41.0 Å². The van der Waals surface area contributed by atoms with Crippen molar-refractivity contribution in [1.29, 1.82) is 0 Å². The maximum Gasteiger partial charge on any atom is 0.325 e. The van der Waals surface area contributed by atoms with Crippen molar-refractivity contribution in [2.45, 2.75) is 4.90 Å². The number of rotatable bonds is 8. The maximum absolute atomic E-state index is 12.6. The highest BCUT2D eigenvalue weighted by atomic mass is 32.2. The van der Waals surface area contributed by atoms with Gasteiger partial charge in [0.25, 0.3) is 0 Å². The van der Waals surface area contributed by atoms with Gasteiger partial charge in [0.2, 0.25) is 15.9 Å². The zero-order chi connectivity index (χ0) is 22.1. The summed E-state index contributed by atoms with van der Waals surface area (Å²) >= 11 is 0. The van der Waals surface area contributed by atoms with Gasteiger partial charge in [-0.1, -0.05) is 12.1 Å². The van der Waals surface area contributed by atoms with Gasteiger partial charge in [-0.15, -0.1) is 0 Å². The SMILES string of the molecule is COC(=O)CN(CC(=O)OC)C(=O)/C=C/c1ccc(S(=O)(=O)N2CCOCC2)cc1. The van der Waals surface area contributed by atoms with E-state index in [0.717, 1.165) is 4.90 Å². The van der Waals surface area contributed by atoms with Crippen molar-refractivity contribution < 1.29 is 37.0 Å². The molecule has 1 heterocycles. The summed E-state index contributed by atoms with van der Waals surface area (Å²) < 4.78 is 40.8. The monoisotopic (exact) mass is 440 g/mol. The highest BCUT2D eigenvalue weighted by Crippen LogP contribution is 2.18. The summed E-state index contributed by atoms with van der Waals surface area (Å²) in [6, 6.07) is 6.02. The molecule has 11 heteroatoms. The molecule has 10 nitrogen and oxygen atoms in total. The van der Waals surface area contributed by atoms with Crippen LogP contribution in [-0.4, -0.2) is 89.1 Å². The molecule has 1 aromatic carbocycles. The molecule has 164 valence electrons. The molecule has 0 spiro atoms. The van der Waals surface area contributed by atoms with Crippen LogP contribution in [0.2, 0.25) is 0 Å². The minimum atomic E-state index is -3.61. The number of morpholine rings is 1. The van der Waals surface area contributed by atoms with Crippen LogP contribution in [0.4, 0.5) is 0 Å². The third-order valence-corrected chi connectivity index (χ3v) is 6.23. The fraction of sp³-hybridized carbons (Fsp3) is 0.421. The van der Waals surface area contributed by atoms with Crippen LogP contribution in [0.1, 0.15) is 5.56 Å². The van der Waals surface area contributed by atoms with E-state index in [1.807, 2.05) is 0 Å². The van der Waals surface area contributed by atoms with E-state index in [1.54, 1.807) is 12.1 Å². The molecule has 1 amide bonds. The molecule has 1 aromatic rings. The number of nitrogens with zero attached hydrogens (tertiary/aromatic N) is 2. The van der Waals surface area contributed by atoms with E-state index in [4.69, 9.17) is 4.74 Å². The molecule has 0 aliphatic carbocycles. The molecule has 30 heavy (non-hydrogen) atoms. The van der Waals surface area contributed by atoms with Gasteiger partial charge in [-0.05, 0) is 23.8 Å². The molecule has 0 aromatic heterocycles. The van der Waals surface area contributed by atoms with Crippen molar-refractivity contribution in [1.82, 2.24) is 9.21 Å². The third-order valence-electron chi connectivity index (χ3n) is 4.31. The van der Waals surface area contributed by atoms with E-state index >= 15 is 0 Å². The minimum Gasteiger partial charge on any atom is -0.468 e. The molecule has 2 rings (SSSR count). The first-order chi connectivity index (χ1) is 14.3. The summed E-state index contributed by atoms with van der Waals surface area (Å²) in [5.41, 5.74) is 0.570. The number of hydrogen-bond acceptors (Lipinski definition) is 8. The van der Waals surface area contributed by atoms with Gasteiger partial charge in [-0.25, -0.2) is 8.42 Å². The number of carbonyl (C=O) groups is 3. The number of hydrogen-bond donors (Lipinski definition) is 0. The number of benzene rings is 1. The van der Waals surface area contributed by atoms with Crippen molar-refractivity contribution in [3.05, 3.63) is 35.9 Å². The van der Waals surface area contributed by atoms with Crippen LogP contribution in [0.5, 0.6) is 0 Å². The first kappa shape index (κ1) is 23.5. The van der Waals surface area contributed by atoms with Crippen LogP contribution >= 0.6 is 0 Å². The van der Waals surface area contributed by atoms with Crippen LogP contribution < -0.4 is 0 Å². The Balaban J connectivity index is 2.09. The Morgan fingerprint density at radius 1 is 1.03 bits per heavy atom. The quantitative estimate of drug-likeness (QED) is 0.406. The van der Waals surface area contributed by atoms with Crippen LogP contribution in [0.25, 0.3) is 6.08 Å². The van der Waals surface area contributed by atoms with Gasteiger partial charge in [0.1, 0.15) is 13.1 Å². The van der Waals surface area contributed by atoms with Crippen LogP contribution in [-0.2, 0) is 38.6 Å². The van der Waals surface area contributed by atoms with E-state index in [1.165, 1.54) is 42.8 Å². The number of ether oxygens (including phenoxy) is 3. The van der Waals surface area contributed by atoms with Crippen LogP contribution in [0.15, 0.2) is 35.2 Å². The summed E-state index contributed by atoms with van der Waals surface area (Å²) in [5.74, 6) is -1.97. The number of sulfonamides is 1. The number of methoxy groups -OCH3 is 2. The van der Waals surface area contributed by atoms with Crippen molar-refractivity contribution in [2.24, 2.45) is 0 Å². The Bertz CT molecular complexity index is 872. The summed E-state index contributed by atoms with van der Waals surface area (Å²) in [6.07, 6.45) is 2.63. The lowest BCUT2D eigenvalue weighted by atomic mass is 10.2. The lowest BCUT2D eigenvalue weighted by Gasteiger charge is -2.26. The second kappa shape index (κ2) is 10.9. The molecule has 0 N–H and O–H groups in total. The summed E-state index contributed by atoms with van der Waals surface area (Å²) in [4.78, 5) is 36.4. The molecule has 0 unspecified atom stereocenters.